The molecule has 2 rings (SSSR count). The second-order valence-electron chi connectivity index (χ2n) is 3.70. The van der Waals surface area contributed by atoms with Gasteiger partial charge in [0.05, 0.1) is 0 Å². The number of hydrogen-bond acceptors (Lipinski definition) is 3. The summed E-state index contributed by atoms with van der Waals surface area (Å²) in [5.41, 5.74) is 0. The van der Waals surface area contributed by atoms with E-state index in [1.54, 1.807) is 6.20 Å². The second-order valence-corrected chi connectivity index (χ2v) is 4.32. The Morgan fingerprint density at radius 2 is 2.07 bits per heavy atom. The average molecular weight is 212 g/mol. The minimum absolute atomic E-state index is 0.370. The summed E-state index contributed by atoms with van der Waals surface area (Å²) < 4.78 is 0. The zero-order valence-corrected chi connectivity index (χ0v) is 8.74. The minimum Gasteiger partial charge on any atom is -0.366 e. The number of aromatic nitrogens is 2. The first-order chi connectivity index (χ1) is 6.84. The third-order valence-corrected chi connectivity index (χ3v) is 3.02. The first-order valence-corrected chi connectivity index (χ1v) is 5.46. The number of anilines is 1. The van der Waals surface area contributed by atoms with Crippen LogP contribution in [0.3, 0.4) is 0 Å². The van der Waals surface area contributed by atoms with Crippen LogP contribution in [0.4, 0.5) is 5.82 Å². The minimum atomic E-state index is 0.370. The van der Waals surface area contributed by atoms with Crippen LogP contribution in [0.25, 0.3) is 0 Å². The maximum atomic E-state index is 6.03. The zero-order valence-electron chi connectivity index (χ0n) is 7.99. The fourth-order valence-corrected chi connectivity index (χ4v) is 2.04. The van der Waals surface area contributed by atoms with E-state index in [1.807, 2.05) is 12.1 Å². The molecule has 0 radical (unpaired) electrons. The average Bonchev–Trinajstić information content (AvgIpc) is 2.23. The molecule has 1 aliphatic carbocycles. The molecule has 1 fully saturated rings. The molecule has 1 saturated carbocycles. The highest BCUT2D eigenvalue weighted by Gasteiger charge is 2.19. The quantitative estimate of drug-likeness (QED) is 0.764. The molecule has 1 aliphatic rings. The van der Waals surface area contributed by atoms with E-state index in [0.29, 0.717) is 11.4 Å². The molecule has 76 valence electrons. The van der Waals surface area contributed by atoms with E-state index < -0.39 is 0 Å². The van der Waals surface area contributed by atoms with Gasteiger partial charge in [-0.2, -0.15) is 5.10 Å². The van der Waals surface area contributed by atoms with Crippen LogP contribution >= 0.6 is 11.6 Å². The van der Waals surface area contributed by atoms with Gasteiger partial charge >= 0.3 is 0 Å². The van der Waals surface area contributed by atoms with Crippen LogP contribution in [0.1, 0.15) is 25.7 Å². The molecule has 1 aromatic rings. The summed E-state index contributed by atoms with van der Waals surface area (Å²) in [6, 6.07) is 4.35. The molecule has 0 spiro atoms. The number of nitrogens with zero attached hydrogens (tertiary/aromatic N) is 2. The van der Waals surface area contributed by atoms with E-state index in [2.05, 4.69) is 15.5 Å². The first-order valence-electron chi connectivity index (χ1n) is 5.03. The second kappa shape index (κ2) is 4.60. The molecule has 0 unspecified atom stereocenters. The SMILES string of the molecule is ClC1CCC(Nc2cccnn2)CC1. The standard InChI is InChI=1S/C10H14ClN3/c11-8-3-5-9(6-4-8)13-10-2-1-7-12-14-10/h1-2,7-9H,3-6H2,(H,13,14). The predicted molar refractivity (Wildman–Crippen MR) is 57.6 cm³/mol. The van der Waals surface area contributed by atoms with E-state index in [0.717, 1.165) is 31.5 Å². The van der Waals surface area contributed by atoms with E-state index in [4.69, 9.17) is 11.6 Å². The highest BCUT2D eigenvalue weighted by atomic mass is 35.5. The van der Waals surface area contributed by atoms with Crippen molar-refractivity contribution in [2.24, 2.45) is 0 Å². The summed E-state index contributed by atoms with van der Waals surface area (Å²) in [6.07, 6.45) is 6.13. The van der Waals surface area contributed by atoms with Gasteiger partial charge < -0.3 is 5.32 Å². The molecule has 1 N–H and O–H groups in total. The summed E-state index contributed by atoms with van der Waals surface area (Å²) in [4.78, 5) is 0. The smallest absolute Gasteiger partial charge is 0.148 e. The van der Waals surface area contributed by atoms with E-state index in [9.17, 15) is 0 Å². The topological polar surface area (TPSA) is 37.8 Å². The molecule has 4 heteroatoms. The van der Waals surface area contributed by atoms with Crippen molar-refractivity contribution in [1.29, 1.82) is 0 Å². The van der Waals surface area contributed by atoms with Gasteiger partial charge in [-0.1, -0.05) is 0 Å². The number of hydrogen-bond donors (Lipinski definition) is 1. The first kappa shape index (κ1) is 9.71. The van der Waals surface area contributed by atoms with Crippen LogP contribution in [-0.2, 0) is 0 Å². The van der Waals surface area contributed by atoms with E-state index in [-0.39, 0.29) is 0 Å². The van der Waals surface area contributed by atoms with Gasteiger partial charge in [-0.25, -0.2) is 0 Å². The van der Waals surface area contributed by atoms with Crippen molar-refractivity contribution in [3.63, 3.8) is 0 Å². The highest BCUT2D eigenvalue weighted by Crippen LogP contribution is 2.24. The predicted octanol–water partition coefficient (Wildman–Crippen LogP) is 2.44. The lowest BCUT2D eigenvalue weighted by Gasteiger charge is -2.25. The Hall–Kier alpha value is -0.830. The molecular formula is C10H14ClN3. The maximum Gasteiger partial charge on any atom is 0.148 e. The van der Waals surface area contributed by atoms with Crippen molar-refractivity contribution in [3.05, 3.63) is 18.3 Å². The Morgan fingerprint density at radius 3 is 2.71 bits per heavy atom. The summed E-state index contributed by atoms with van der Waals surface area (Å²) in [5, 5.41) is 11.6. The fourth-order valence-electron chi connectivity index (χ4n) is 1.78. The number of nitrogens with one attached hydrogen (secondary N) is 1. The van der Waals surface area contributed by atoms with Crippen LogP contribution in [-0.4, -0.2) is 21.6 Å². The van der Waals surface area contributed by atoms with Crippen molar-refractivity contribution in [2.75, 3.05) is 5.32 Å². The van der Waals surface area contributed by atoms with Gasteiger partial charge in [-0.15, -0.1) is 16.7 Å². The summed E-state index contributed by atoms with van der Waals surface area (Å²) in [7, 11) is 0. The highest BCUT2D eigenvalue weighted by molar-refractivity contribution is 6.20. The van der Waals surface area contributed by atoms with Gasteiger partial charge in [0.1, 0.15) is 5.82 Å². The van der Waals surface area contributed by atoms with Crippen molar-refractivity contribution in [1.82, 2.24) is 10.2 Å². The maximum absolute atomic E-state index is 6.03. The third-order valence-electron chi connectivity index (χ3n) is 2.58. The van der Waals surface area contributed by atoms with Crippen LogP contribution < -0.4 is 5.32 Å². The third kappa shape index (κ3) is 2.58. The molecule has 1 aromatic heterocycles. The number of alkyl halides is 1. The van der Waals surface area contributed by atoms with Gasteiger partial charge in [0.25, 0.3) is 0 Å². The molecule has 0 aliphatic heterocycles. The molecule has 0 bridgehead atoms. The van der Waals surface area contributed by atoms with Crippen LogP contribution in [0.15, 0.2) is 18.3 Å². The van der Waals surface area contributed by atoms with Crippen molar-refractivity contribution in [3.8, 4) is 0 Å². The van der Waals surface area contributed by atoms with E-state index >= 15 is 0 Å². The van der Waals surface area contributed by atoms with E-state index in [1.165, 1.54) is 0 Å². The van der Waals surface area contributed by atoms with Crippen LogP contribution in [0, 0.1) is 0 Å². The van der Waals surface area contributed by atoms with Crippen molar-refractivity contribution in [2.45, 2.75) is 37.1 Å². The van der Waals surface area contributed by atoms with Gasteiger partial charge in [0.2, 0.25) is 0 Å². The summed E-state index contributed by atoms with van der Waals surface area (Å²) in [6.45, 7) is 0. The lowest BCUT2D eigenvalue weighted by molar-refractivity contribution is 0.467. The molecular weight excluding hydrogens is 198 g/mol. The number of halogens is 1. The number of rotatable bonds is 2. The normalized spacial score (nSPS) is 27.2. The molecule has 0 atom stereocenters. The van der Waals surface area contributed by atoms with Gasteiger partial charge in [-0.05, 0) is 37.8 Å². The monoisotopic (exact) mass is 211 g/mol. The molecule has 14 heavy (non-hydrogen) atoms. The largest absolute Gasteiger partial charge is 0.366 e. The lowest BCUT2D eigenvalue weighted by Crippen LogP contribution is -2.26. The van der Waals surface area contributed by atoms with Gasteiger partial charge in [0.15, 0.2) is 0 Å². The van der Waals surface area contributed by atoms with Crippen LogP contribution in [0.2, 0.25) is 0 Å². The van der Waals surface area contributed by atoms with Gasteiger partial charge in [-0.3, -0.25) is 0 Å². The Bertz CT molecular complexity index is 270. The molecule has 1 heterocycles. The molecule has 0 aromatic carbocycles. The summed E-state index contributed by atoms with van der Waals surface area (Å²) >= 11 is 6.03. The fraction of sp³-hybridized carbons (Fsp3) is 0.600. The van der Waals surface area contributed by atoms with Crippen LogP contribution in [0.5, 0.6) is 0 Å². The Labute approximate surface area is 88.9 Å². The lowest BCUT2D eigenvalue weighted by atomic mass is 9.95. The molecule has 0 amide bonds. The molecule has 0 saturated heterocycles. The van der Waals surface area contributed by atoms with Gasteiger partial charge in [0, 0.05) is 17.6 Å². The molecule has 3 nitrogen and oxygen atoms in total. The Balaban J connectivity index is 1.87. The Morgan fingerprint density at radius 1 is 1.29 bits per heavy atom. The van der Waals surface area contributed by atoms with Crippen molar-refractivity contribution < 1.29 is 0 Å². The summed E-state index contributed by atoms with van der Waals surface area (Å²) in [5.74, 6) is 0.866. The zero-order chi connectivity index (χ0) is 9.80. The Kier molecular flexibility index (Phi) is 3.19. The van der Waals surface area contributed by atoms with Crippen molar-refractivity contribution >= 4 is 17.4 Å².